The second kappa shape index (κ2) is 7.55. The van der Waals surface area contributed by atoms with Crippen LogP contribution in [0.15, 0.2) is 30.3 Å². The minimum atomic E-state index is -0.897. The van der Waals surface area contributed by atoms with Crippen molar-refractivity contribution < 1.29 is 23.9 Å². The molecule has 0 saturated heterocycles. The number of nitrogens with zero attached hydrogens (tertiary/aromatic N) is 1. The largest absolute Gasteiger partial charge is 0.452 e. The molecule has 7 nitrogen and oxygen atoms in total. The maximum absolute atomic E-state index is 12.1. The zero-order chi connectivity index (χ0) is 16.8. The summed E-state index contributed by atoms with van der Waals surface area (Å²) in [4.78, 5) is 38.7. The minimum Gasteiger partial charge on any atom is -0.452 e. The zero-order valence-electron chi connectivity index (χ0n) is 12.2. The van der Waals surface area contributed by atoms with Crippen LogP contribution in [-0.4, -0.2) is 36.2 Å². The number of carbonyl (C=O) groups excluding carboxylic acids is 3. The Morgan fingerprint density at radius 3 is 2.70 bits per heavy atom. The molecule has 8 heteroatoms. The predicted octanol–water partition coefficient (Wildman–Crippen LogP) is 2.32. The number of fused-ring (bicyclic) bond motifs is 1. The first-order chi connectivity index (χ1) is 11.0. The molecule has 120 valence electrons. The number of amides is 2. The molecule has 0 bridgehead atoms. The lowest BCUT2D eigenvalue weighted by Gasteiger charge is -2.08. The summed E-state index contributed by atoms with van der Waals surface area (Å²) < 4.78 is 9.43. The average molecular weight is 337 g/mol. The Hall–Kier alpha value is -2.67. The van der Waals surface area contributed by atoms with Gasteiger partial charge in [0.25, 0.3) is 5.91 Å². The fourth-order valence-electron chi connectivity index (χ4n) is 1.84. The van der Waals surface area contributed by atoms with Gasteiger partial charge in [0.2, 0.25) is 0 Å². The second-order valence-electron chi connectivity index (χ2n) is 4.35. The topological polar surface area (TPSA) is 94.6 Å². The van der Waals surface area contributed by atoms with Crippen molar-refractivity contribution in [2.45, 2.75) is 6.92 Å². The number of pyridine rings is 1. The Bertz CT molecular complexity index is 763. The van der Waals surface area contributed by atoms with E-state index in [1.807, 2.05) is 5.32 Å². The Morgan fingerprint density at radius 1 is 1.22 bits per heavy atom. The van der Waals surface area contributed by atoms with E-state index in [-0.39, 0.29) is 17.3 Å². The van der Waals surface area contributed by atoms with Gasteiger partial charge in [0.05, 0.1) is 17.7 Å². The number of alkyl carbamates (subject to hydrolysis) is 1. The van der Waals surface area contributed by atoms with Crippen LogP contribution in [0.5, 0.6) is 0 Å². The summed E-state index contributed by atoms with van der Waals surface area (Å²) in [5.41, 5.74) is 0.715. The molecule has 2 rings (SSSR count). The third-order valence-electron chi connectivity index (χ3n) is 2.76. The summed E-state index contributed by atoms with van der Waals surface area (Å²) in [6, 6.07) is 8.24. The summed E-state index contributed by atoms with van der Waals surface area (Å²) in [6.45, 7) is 1.11. The number of hydrogen-bond acceptors (Lipinski definition) is 6. The smallest absolute Gasteiger partial charge is 0.413 e. The van der Waals surface area contributed by atoms with Crippen LogP contribution < -0.4 is 5.32 Å². The molecule has 1 aromatic carbocycles. The van der Waals surface area contributed by atoms with E-state index in [4.69, 9.17) is 16.3 Å². The van der Waals surface area contributed by atoms with Gasteiger partial charge in [0.1, 0.15) is 5.15 Å². The molecular weight excluding hydrogens is 324 g/mol. The average Bonchev–Trinajstić information content (AvgIpc) is 2.52. The van der Waals surface area contributed by atoms with E-state index < -0.39 is 24.6 Å². The highest BCUT2D eigenvalue weighted by atomic mass is 35.5. The third kappa shape index (κ3) is 4.40. The lowest BCUT2D eigenvalue weighted by Crippen LogP contribution is -2.34. The molecule has 1 aromatic heterocycles. The molecule has 0 unspecified atom stereocenters. The fourth-order valence-corrected chi connectivity index (χ4v) is 2.04. The van der Waals surface area contributed by atoms with Crippen LogP contribution in [0.4, 0.5) is 4.79 Å². The monoisotopic (exact) mass is 336 g/mol. The van der Waals surface area contributed by atoms with E-state index in [2.05, 4.69) is 9.72 Å². The van der Waals surface area contributed by atoms with Crippen LogP contribution >= 0.6 is 11.6 Å². The molecule has 0 aliphatic heterocycles. The molecule has 0 saturated carbocycles. The van der Waals surface area contributed by atoms with Gasteiger partial charge in [0.15, 0.2) is 6.61 Å². The summed E-state index contributed by atoms with van der Waals surface area (Å²) >= 11 is 5.87. The number of nitrogens with one attached hydrogen (secondary N) is 1. The van der Waals surface area contributed by atoms with Crippen LogP contribution in [0.3, 0.4) is 0 Å². The number of benzene rings is 1. The van der Waals surface area contributed by atoms with Crippen molar-refractivity contribution in [3.05, 3.63) is 41.0 Å². The Labute approximate surface area is 136 Å². The van der Waals surface area contributed by atoms with E-state index in [0.717, 1.165) is 0 Å². The molecule has 0 spiro atoms. The number of para-hydroxylation sites is 1. The van der Waals surface area contributed by atoms with Crippen molar-refractivity contribution in [2.24, 2.45) is 0 Å². The predicted molar refractivity (Wildman–Crippen MR) is 82.2 cm³/mol. The number of halogens is 1. The molecule has 0 atom stereocenters. The van der Waals surface area contributed by atoms with Crippen molar-refractivity contribution in [2.75, 3.05) is 13.2 Å². The maximum Gasteiger partial charge on any atom is 0.413 e. The highest BCUT2D eigenvalue weighted by molar-refractivity contribution is 6.30. The number of carbonyl (C=O) groups is 3. The van der Waals surface area contributed by atoms with Crippen molar-refractivity contribution in [1.29, 1.82) is 0 Å². The summed E-state index contributed by atoms with van der Waals surface area (Å²) in [7, 11) is 0. The molecule has 1 N–H and O–H groups in total. The molecule has 2 amide bonds. The van der Waals surface area contributed by atoms with Crippen LogP contribution in [0.25, 0.3) is 10.9 Å². The van der Waals surface area contributed by atoms with E-state index in [1.54, 1.807) is 31.2 Å². The van der Waals surface area contributed by atoms with Gasteiger partial charge in [-0.3, -0.25) is 10.1 Å². The van der Waals surface area contributed by atoms with Crippen molar-refractivity contribution in [3.8, 4) is 0 Å². The summed E-state index contributed by atoms with van der Waals surface area (Å²) in [6.07, 6.45) is -0.897. The SMILES string of the molecule is CCOC(=O)NC(=O)COC(=O)c1cc(Cl)nc2ccccc12. The van der Waals surface area contributed by atoms with Gasteiger partial charge in [-0.2, -0.15) is 0 Å². The van der Waals surface area contributed by atoms with Gasteiger partial charge >= 0.3 is 12.1 Å². The van der Waals surface area contributed by atoms with Gasteiger partial charge in [0, 0.05) is 5.39 Å². The Morgan fingerprint density at radius 2 is 1.96 bits per heavy atom. The van der Waals surface area contributed by atoms with Gasteiger partial charge in [-0.05, 0) is 19.1 Å². The zero-order valence-corrected chi connectivity index (χ0v) is 12.9. The highest BCUT2D eigenvalue weighted by Crippen LogP contribution is 2.21. The van der Waals surface area contributed by atoms with Gasteiger partial charge in [-0.15, -0.1) is 0 Å². The molecule has 23 heavy (non-hydrogen) atoms. The van der Waals surface area contributed by atoms with Crippen LogP contribution in [0.1, 0.15) is 17.3 Å². The quantitative estimate of drug-likeness (QED) is 0.680. The first-order valence-corrected chi connectivity index (χ1v) is 7.08. The van der Waals surface area contributed by atoms with Crippen LogP contribution in [0, 0.1) is 0 Å². The Balaban J connectivity index is 2.07. The molecule has 0 aliphatic carbocycles. The number of hydrogen-bond donors (Lipinski definition) is 1. The number of aromatic nitrogens is 1. The Kier molecular flexibility index (Phi) is 5.48. The molecule has 2 aromatic rings. The third-order valence-corrected chi connectivity index (χ3v) is 2.95. The molecule has 0 radical (unpaired) electrons. The lowest BCUT2D eigenvalue weighted by atomic mass is 10.1. The second-order valence-corrected chi connectivity index (χ2v) is 4.74. The first-order valence-electron chi connectivity index (χ1n) is 6.70. The van der Waals surface area contributed by atoms with Gasteiger partial charge < -0.3 is 9.47 Å². The van der Waals surface area contributed by atoms with Crippen molar-refractivity contribution in [3.63, 3.8) is 0 Å². The molecule has 0 aliphatic rings. The normalized spacial score (nSPS) is 10.2. The summed E-state index contributed by atoms with van der Waals surface area (Å²) in [5, 5.41) is 2.60. The van der Waals surface area contributed by atoms with E-state index in [9.17, 15) is 14.4 Å². The van der Waals surface area contributed by atoms with E-state index in [1.165, 1.54) is 6.07 Å². The van der Waals surface area contributed by atoms with Gasteiger partial charge in [-0.1, -0.05) is 29.8 Å². The number of rotatable bonds is 4. The highest BCUT2D eigenvalue weighted by Gasteiger charge is 2.16. The van der Waals surface area contributed by atoms with Crippen molar-refractivity contribution >= 4 is 40.5 Å². The first kappa shape index (κ1) is 16.7. The number of ether oxygens (including phenoxy) is 2. The van der Waals surface area contributed by atoms with Crippen molar-refractivity contribution in [1.82, 2.24) is 10.3 Å². The maximum atomic E-state index is 12.1. The molecule has 1 heterocycles. The van der Waals surface area contributed by atoms with Crippen LogP contribution in [0.2, 0.25) is 5.15 Å². The minimum absolute atomic E-state index is 0.125. The lowest BCUT2D eigenvalue weighted by molar-refractivity contribution is -0.123. The molecule has 0 fully saturated rings. The van der Waals surface area contributed by atoms with E-state index >= 15 is 0 Å². The molecular formula is C15H13ClN2O5. The number of imide groups is 1. The van der Waals surface area contributed by atoms with Gasteiger partial charge in [-0.25, -0.2) is 14.6 Å². The number of esters is 1. The standard InChI is InChI=1S/C15H13ClN2O5/c1-2-22-15(21)18-13(19)8-23-14(20)10-7-12(16)17-11-6-4-3-5-9(10)11/h3-7H,2,8H2,1H3,(H,18,19,21). The van der Waals surface area contributed by atoms with Crippen LogP contribution in [-0.2, 0) is 14.3 Å². The summed E-state index contributed by atoms with van der Waals surface area (Å²) in [5.74, 6) is -1.54. The fraction of sp³-hybridized carbons (Fsp3) is 0.200. The van der Waals surface area contributed by atoms with E-state index in [0.29, 0.717) is 10.9 Å².